The van der Waals surface area contributed by atoms with Gasteiger partial charge in [-0.3, -0.25) is 14.4 Å². The third-order valence-corrected chi connectivity index (χ3v) is 11.8. The average Bonchev–Trinajstić information content (AvgIpc) is 3.39. The highest BCUT2D eigenvalue weighted by molar-refractivity contribution is 5.72. The Morgan fingerprint density at radius 1 is 0.301 bits per heavy atom. The van der Waals surface area contributed by atoms with Crippen LogP contribution in [0.15, 0.2) is 146 Å². The van der Waals surface area contributed by atoms with Crippen LogP contribution in [-0.2, 0) is 28.6 Å². The number of hydrogen-bond acceptors (Lipinski definition) is 6. The number of carbonyl (C=O) groups excluding carboxylic acids is 3. The fourth-order valence-corrected chi connectivity index (χ4v) is 7.51. The number of allylic oxidation sites excluding steroid dienone is 23. The van der Waals surface area contributed by atoms with Crippen molar-refractivity contribution in [2.75, 3.05) is 13.2 Å². The molecule has 6 heteroatoms. The van der Waals surface area contributed by atoms with Crippen molar-refractivity contribution in [3.8, 4) is 0 Å². The summed E-state index contributed by atoms with van der Waals surface area (Å²) < 4.78 is 16.7. The predicted molar refractivity (Wildman–Crippen MR) is 315 cm³/mol. The summed E-state index contributed by atoms with van der Waals surface area (Å²) in [6.45, 7) is 6.29. The van der Waals surface area contributed by atoms with Crippen LogP contribution in [0.4, 0.5) is 0 Å². The van der Waals surface area contributed by atoms with Crippen LogP contribution in [0.25, 0.3) is 0 Å². The van der Waals surface area contributed by atoms with Crippen molar-refractivity contribution in [3.05, 3.63) is 146 Å². The van der Waals surface area contributed by atoms with Crippen molar-refractivity contribution in [2.45, 2.75) is 245 Å². The van der Waals surface area contributed by atoms with Gasteiger partial charge in [-0.2, -0.15) is 0 Å². The molecule has 0 aromatic heterocycles. The molecule has 0 amide bonds. The highest BCUT2D eigenvalue weighted by Crippen LogP contribution is 2.13. The quantitative estimate of drug-likeness (QED) is 0.0261. The van der Waals surface area contributed by atoms with Crippen molar-refractivity contribution in [3.63, 3.8) is 0 Å². The van der Waals surface area contributed by atoms with Crippen molar-refractivity contribution in [2.24, 2.45) is 0 Å². The van der Waals surface area contributed by atoms with Crippen LogP contribution in [0.5, 0.6) is 0 Å². The van der Waals surface area contributed by atoms with E-state index in [9.17, 15) is 14.4 Å². The smallest absolute Gasteiger partial charge is 0.309 e. The number of esters is 3. The van der Waals surface area contributed by atoms with E-state index in [0.29, 0.717) is 12.8 Å². The SMILES string of the molecule is CC/C=C\C/C=C\C/C=C\C/C=C\C/C=C\C/C=C\CCCCCCC(=O)OCC(COC(=O)C/C=C\C/C=C\C/C=C\C/C=C\C/C=C\CC)OC(=O)CCCCCCCCC/C=C\CCCCCCCC. The molecule has 0 N–H and O–H groups in total. The molecule has 0 aliphatic heterocycles. The zero-order valence-electron chi connectivity index (χ0n) is 46.8. The summed E-state index contributed by atoms with van der Waals surface area (Å²) in [6, 6.07) is 0. The molecular formula is C67H106O6. The highest BCUT2D eigenvalue weighted by Gasteiger charge is 2.19. The van der Waals surface area contributed by atoms with Gasteiger partial charge in [0.05, 0.1) is 6.42 Å². The van der Waals surface area contributed by atoms with Gasteiger partial charge in [0.1, 0.15) is 13.2 Å². The van der Waals surface area contributed by atoms with Crippen molar-refractivity contribution >= 4 is 17.9 Å². The molecule has 1 atom stereocenters. The average molecular weight is 1010 g/mol. The lowest BCUT2D eigenvalue weighted by atomic mass is 10.1. The Hall–Kier alpha value is -4.71. The fourth-order valence-electron chi connectivity index (χ4n) is 7.51. The van der Waals surface area contributed by atoms with E-state index < -0.39 is 12.1 Å². The Morgan fingerprint density at radius 3 is 0.973 bits per heavy atom. The molecule has 0 heterocycles. The van der Waals surface area contributed by atoms with Gasteiger partial charge in [-0.15, -0.1) is 0 Å². The Balaban J connectivity index is 4.54. The molecule has 1 unspecified atom stereocenters. The Labute approximate surface area is 448 Å². The molecule has 0 saturated carbocycles. The number of unbranched alkanes of at least 4 members (excludes halogenated alkanes) is 17. The fraction of sp³-hybridized carbons (Fsp3) is 0.597. The minimum absolute atomic E-state index is 0.115. The lowest BCUT2D eigenvalue weighted by Crippen LogP contribution is -2.30. The topological polar surface area (TPSA) is 78.9 Å². The molecule has 0 saturated heterocycles. The summed E-state index contributed by atoms with van der Waals surface area (Å²) in [5.41, 5.74) is 0. The van der Waals surface area contributed by atoms with Gasteiger partial charge in [-0.1, -0.05) is 244 Å². The lowest BCUT2D eigenvalue weighted by Gasteiger charge is -2.18. The third-order valence-electron chi connectivity index (χ3n) is 11.8. The minimum Gasteiger partial charge on any atom is -0.462 e. The highest BCUT2D eigenvalue weighted by atomic mass is 16.6. The van der Waals surface area contributed by atoms with Crippen LogP contribution in [0.3, 0.4) is 0 Å². The van der Waals surface area contributed by atoms with Gasteiger partial charge in [-0.05, 0) is 122 Å². The zero-order valence-corrected chi connectivity index (χ0v) is 46.8. The second kappa shape index (κ2) is 59.8. The van der Waals surface area contributed by atoms with E-state index in [0.717, 1.165) is 122 Å². The van der Waals surface area contributed by atoms with E-state index >= 15 is 0 Å². The molecule has 0 spiro atoms. The molecule has 0 aromatic carbocycles. The maximum absolute atomic E-state index is 12.9. The summed E-state index contributed by atoms with van der Waals surface area (Å²) in [6.07, 6.45) is 85.8. The summed E-state index contributed by atoms with van der Waals surface area (Å²) in [5.74, 6) is -1.09. The molecular weight excluding hydrogens is 901 g/mol. The first kappa shape index (κ1) is 68.3. The van der Waals surface area contributed by atoms with Gasteiger partial charge in [-0.25, -0.2) is 0 Å². The Bertz CT molecular complexity index is 1630. The Morgan fingerprint density at radius 2 is 0.589 bits per heavy atom. The van der Waals surface area contributed by atoms with Gasteiger partial charge < -0.3 is 14.2 Å². The Kier molecular flexibility index (Phi) is 56.0. The molecule has 0 rings (SSSR count). The molecule has 0 aromatic rings. The predicted octanol–water partition coefficient (Wildman–Crippen LogP) is 20.0. The van der Waals surface area contributed by atoms with Gasteiger partial charge in [0, 0.05) is 12.8 Å². The normalized spacial score (nSPS) is 13.2. The molecule has 0 aliphatic rings. The van der Waals surface area contributed by atoms with Crippen molar-refractivity contribution < 1.29 is 28.6 Å². The first-order valence-corrected chi connectivity index (χ1v) is 29.3. The van der Waals surface area contributed by atoms with Crippen molar-refractivity contribution in [1.29, 1.82) is 0 Å². The molecule has 73 heavy (non-hydrogen) atoms. The van der Waals surface area contributed by atoms with Crippen LogP contribution < -0.4 is 0 Å². The van der Waals surface area contributed by atoms with E-state index in [1.54, 1.807) is 6.08 Å². The first-order valence-electron chi connectivity index (χ1n) is 29.3. The number of hydrogen-bond donors (Lipinski definition) is 0. The van der Waals surface area contributed by atoms with Gasteiger partial charge in [0.25, 0.3) is 0 Å². The summed E-state index contributed by atoms with van der Waals surface area (Å²) >= 11 is 0. The largest absolute Gasteiger partial charge is 0.462 e. The van der Waals surface area contributed by atoms with Crippen LogP contribution >= 0.6 is 0 Å². The molecule has 0 fully saturated rings. The van der Waals surface area contributed by atoms with E-state index in [2.05, 4.69) is 154 Å². The van der Waals surface area contributed by atoms with E-state index in [1.807, 2.05) is 6.08 Å². The maximum atomic E-state index is 12.9. The number of ether oxygens (including phenoxy) is 3. The lowest BCUT2D eigenvalue weighted by molar-refractivity contribution is -0.166. The first-order chi connectivity index (χ1) is 36.0. The molecule has 0 bridgehead atoms. The third kappa shape index (κ3) is 58.1. The minimum atomic E-state index is -0.838. The van der Waals surface area contributed by atoms with E-state index in [4.69, 9.17) is 14.2 Å². The van der Waals surface area contributed by atoms with Crippen LogP contribution in [0.1, 0.15) is 239 Å². The van der Waals surface area contributed by atoms with Crippen LogP contribution in [0.2, 0.25) is 0 Å². The second-order valence-electron chi connectivity index (χ2n) is 18.8. The molecule has 410 valence electrons. The van der Waals surface area contributed by atoms with E-state index in [1.165, 1.54) is 77.0 Å². The zero-order chi connectivity index (χ0) is 52.9. The van der Waals surface area contributed by atoms with Crippen LogP contribution in [0, 0.1) is 0 Å². The summed E-state index contributed by atoms with van der Waals surface area (Å²) in [5, 5.41) is 0. The van der Waals surface area contributed by atoms with E-state index in [-0.39, 0.29) is 31.6 Å². The number of carbonyl (C=O) groups is 3. The summed E-state index contributed by atoms with van der Waals surface area (Å²) in [7, 11) is 0. The molecule has 0 radical (unpaired) electrons. The van der Waals surface area contributed by atoms with Gasteiger partial charge >= 0.3 is 17.9 Å². The monoisotopic (exact) mass is 1010 g/mol. The van der Waals surface area contributed by atoms with Gasteiger partial charge in [0.2, 0.25) is 0 Å². The maximum Gasteiger partial charge on any atom is 0.309 e. The van der Waals surface area contributed by atoms with Crippen molar-refractivity contribution in [1.82, 2.24) is 0 Å². The number of rotatable bonds is 51. The van der Waals surface area contributed by atoms with Crippen LogP contribution in [-0.4, -0.2) is 37.2 Å². The van der Waals surface area contributed by atoms with Gasteiger partial charge in [0.15, 0.2) is 6.10 Å². The molecule has 0 aliphatic carbocycles. The summed E-state index contributed by atoms with van der Waals surface area (Å²) in [4.78, 5) is 38.1. The second-order valence-corrected chi connectivity index (χ2v) is 18.8. The standard InChI is InChI=1S/C67H106O6/c1-4-7-10-13-16-19-22-25-28-30-31-32-33-34-35-37-39-42-45-48-51-54-57-60-66(69)72-63-64(62-71-65(68)59-56-53-50-47-44-41-38-27-24-21-18-15-12-9-6-3)73-67(70)61-58-55-52-49-46-43-40-36-29-26-23-20-17-14-11-8-5-2/h7,9-10,12,16,18-19,21,25-29,31-32,34-35,38-39,42,44,47,53,56,64H,4-6,8,11,13-15,17,20,22-24,30,33,36-37,40-41,43,45-46,48-52,54-55,57-63H2,1-3H3/b10-7-,12-9-,19-16-,21-18-,28-25-,29-26-,32-31-,35-34-,38-27-,42-39-,47-44-,56-53-. The molecule has 6 nitrogen and oxygen atoms in total.